The summed E-state index contributed by atoms with van der Waals surface area (Å²) >= 11 is 0. The summed E-state index contributed by atoms with van der Waals surface area (Å²) < 4.78 is 0. The topological polar surface area (TPSA) is 75.9 Å². The highest BCUT2D eigenvalue weighted by molar-refractivity contribution is 5.77. The largest absolute Gasteiger partial charge is 0.388 e. The Labute approximate surface area is 69.7 Å². The summed E-state index contributed by atoms with van der Waals surface area (Å²) in [5, 5.41) is 6.95. The second-order valence-electron chi connectivity index (χ2n) is 2.24. The van der Waals surface area contributed by atoms with Gasteiger partial charge in [-0.05, 0) is 12.5 Å². The van der Waals surface area contributed by atoms with Crippen LogP contribution in [0.3, 0.4) is 0 Å². The minimum absolute atomic E-state index is 0.243. The molecular formula is C8H21N3. The molecule has 0 amide bonds. The Hall–Kier alpha value is -0.570. The van der Waals surface area contributed by atoms with Crippen LogP contribution >= 0.6 is 0 Å². The molecule has 0 aliphatic rings. The minimum atomic E-state index is 0.243. The average molecular weight is 159 g/mol. The Morgan fingerprint density at radius 1 is 1.45 bits per heavy atom. The van der Waals surface area contributed by atoms with Gasteiger partial charge >= 0.3 is 0 Å². The monoisotopic (exact) mass is 159 g/mol. The molecule has 0 aromatic rings. The highest BCUT2D eigenvalue weighted by atomic mass is 14.7. The van der Waals surface area contributed by atoms with Crippen molar-refractivity contribution in [1.29, 1.82) is 5.41 Å². The molecule has 11 heavy (non-hydrogen) atoms. The molecular weight excluding hydrogens is 138 g/mol. The lowest BCUT2D eigenvalue weighted by Gasteiger charge is -2.08. The predicted molar refractivity (Wildman–Crippen MR) is 50.7 cm³/mol. The molecule has 0 spiro atoms. The summed E-state index contributed by atoms with van der Waals surface area (Å²) in [6.45, 7) is 6.69. The third kappa shape index (κ3) is 9.43. The zero-order valence-corrected chi connectivity index (χ0v) is 7.85. The third-order valence-electron chi connectivity index (χ3n) is 1.42. The molecule has 1 atom stereocenters. The molecule has 5 N–H and O–H groups in total. The molecule has 0 aliphatic heterocycles. The Balaban J connectivity index is 0. The number of amidine groups is 1. The zero-order chi connectivity index (χ0) is 9.28. The van der Waals surface area contributed by atoms with Crippen LogP contribution in [0.4, 0.5) is 0 Å². The van der Waals surface area contributed by atoms with Gasteiger partial charge in [0.05, 0.1) is 5.84 Å². The van der Waals surface area contributed by atoms with Crippen molar-refractivity contribution in [3.63, 3.8) is 0 Å². The minimum Gasteiger partial charge on any atom is -0.388 e. The van der Waals surface area contributed by atoms with Crippen molar-refractivity contribution in [2.24, 2.45) is 17.4 Å². The SMILES string of the molecule is CC.CCC(CN)CC(=N)N. The van der Waals surface area contributed by atoms with E-state index < -0.39 is 0 Å². The third-order valence-corrected chi connectivity index (χ3v) is 1.42. The lowest BCUT2D eigenvalue weighted by atomic mass is 10.0. The lowest BCUT2D eigenvalue weighted by molar-refractivity contribution is 0.539. The van der Waals surface area contributed by atoms with Gasteiger partial charge in [0, 0.05) is 6.42 Å². The van der Waals surface area contributed by atoms with Gasteiger partial charge in [0.1, 0.15) is 0 Å². The van der Waals surface area contributed by atoms with Crippen LogP contribution in [0.15, 0.2) is 0 Å². The molecule has 68 valence electrons. The Morgan fingerprint density at radius 3 is 2.00 bits per heavy atom. The normalized spacial score (nSPS) is 11.3. The highest BCUT2D eigenvalue weighted by Crippen LogP contribution is 2.03. The summed E-state index contributed by atoms with van der Waals surface area (Å²) in [7, 11) is 0. The van der Waals surface area contributed by atoms with E-state index in [0.29, 0.717) is 18.9 Å². The van der Waals surface area contributed by atoms with E-state index in [1.54, 1.807) is 0 Å². The lowest BCUT2D eigenvalue weighted by Crippen LogP contribution is -2.21. The van der Waals surface area contributed by atoms with Gasteiger partial charge < -0.3 is 11.5 Å². The van der Waals surface area contributed by atoms with E-state index in [1.807, 2.05) is 13.8 Å². The van der Waals surface area contributed by atoms with Gasteiger partial charge in [0.2, 0.25) is 0 Å². The fourth-order valence-electron chi connectivity index (χ4n) is 0.705. The molecule has 0 aromatic carbocycles. The average Bonchev–Trinajstić information content (AvgIpc) is 2.03. The van der Waals surface area contributed by atoms with Crippen molar-refractivity contribution in [2.45, 2.75) is 33.6 Å². The van der Waals surface area contributed by atoms with Crippen LogP contribution in [0.1, 0.15) is 33.6 Å². The molecule has 0 saturated carbocycles. The zero-order valence-electron chi connectivity index (χ0n) is 7.85. The van der Waals surface area contributed by atoms with E-state index in [1.165, 1.54) is 0 Å². The van der Waals surface area contributed by atoms with Crippen LogP contribution in [0.5, 0.6) is 0 Å². The maximum atomic E-state index is 6.95. The molecule has 0 aliphatic carbocycles. The summed E-state index contributed by atoms with van der Waals surface area (Å²) in [4.78, 5) is 0. The van der Waals surface area contributed by atoms with E-state index in [-0.39, 0.29) is 5.84 Å². The van der Waals surface area contributed by atoms with Crippen LogP contribution in [0, 0.1) is 11.3 Å². The van der Waals surface area contributed by atoms with Crippen LogP contribution < -0.4 is 11.5 Å². The summed E-state index contributed by atoms with van der Waals surface area (Å²) in [5.74, 6) is 0.648. The van der Waals surface area contributed by atoms with Crippen LogP contribution in [-0.2, 0) is 0 Å². The number of hydrogen-bond donors (Lipinski definition) is 3. The van der Waals surface area contributed by atoms with Gasteiger partial charge in [0.25, 0.3) is 0 Å². The first-order chi connectivity index (χ1) is 5.20. The number of nitrogens with two attached hydrogens (primary N) is 2. The second-order valence-corrected chi connectivity index (χ2v) is 2.24. The van der Waals surface area contributed by atoms with E-state index >= 15 is 0 Å². The molecule has 3 nitrogen and oxygen atoms in total. The van der Waals surface area contributed by atoms with Crippen molar-refractivity contribution in [2.75, 3.05) is 6.54 Å². The molecule has 3 heteroatoms. The molecule has 0 bridgehead atoms. The van der Waals surface area contributed by atoms with Crippen molar-refractivity contribution in [1.82, 2.24) is 0 Å². The molecule has 0 radical (unpaired) electrons. The van der Waals surface area contributed by atoms with E-state index in [0.717, 1.165) is 6.42 Å². The van der Waals surface area contributed by atoms with Gasteiger partial charge in [-0.25, -0.2) is 0 Å². The molecule has 0 rings (SSSR count). The first-order valence-corrected chi connectivity index (χ1v) is 4.23. The predicted octanol–water partition coefficient (Wildman–Crippen LogP) is 1.32. The summed E-state index contributed by atoms with van der Waals surface area (Å²) in [6.07, 6.45) is 1.66. The number of rotatable bonds is 4. The molecule has 0 fully saturated rings. The summed E-state index contributed by atoms with van der Waals surface area (Å²) in [5.41, 5.74) is 10.6. The highest BCUT2D eigenvalue weighted by Gasteiger charge is 2.03. The standard InChI is InChI=1S/C6H15N3.C2H6/c1-2-5(4-7)3-6(8)9;1-2/h5H,2-4,7H2,1H3,(H3,8,9);1-2H3. The maximum absolute atomic E-state index is 6.95. The first-order valence-electron chi connectivity index (χ1n) is 4.23. The maximum Gasteiger partial charge on any atom is 0.0908 e. The smallest absolute Gasteiger partial charge is 0.0908 e. The van der Waals surface area contributed by atoms with Gasteiger partial charge in [-0.3, -0.25) is 5.41 Å². The molecule has 0 saturated heterocycles. The van der Waals surface area contributed by atoms with Gasteiger partial charge in [-0.15, -0.1) is 0 Å². The molecule has 0 heterocycles. The van der Waals surface area contributed by atoms with Crippen molar-refractivity contribution in [3.8, 4) is 0 Å². The number of hydrogen-bond acceptors (Lipinski definition) is 2. The molecule has 0 aromatic heterocycles. The van der Waals surface area contributed by atoms with Crippen LogP contribution in [0.2, 0.25) is 0 Å². The van der Waals surface area contributed by atoms with Gasteiger partial charge in [0.15, 0.2) is 0 Å². The van der Waals surface area contributed by atoms with Gasteiger partial charge in [-0.2, -0.15) is 0 Å². The first kappa shape index (κ1) is 13.1. The fraction of sp³-hybridized carbons (Fsp3) is 0.875. The van der Waals surface area contributed by atoms with E-state index in [4.69, 9.17) is 16.9 Å². The van der Waals surface area contributed by atoms with Crippen LogP contribution in [0.25, 0.3) is 0 Å². The molecule has 1 unspecified atom stereocenters. The quantitative estimate of drug-likeness (QED) is 0.427. The Kier molecular flexibility index (Phi) is 11.2. The van der Waals surface area contributed by atoms with Crippen molar-refractivity contribution in [3.05, 3.63) is 0 Å². The van der Waals surface area contributed by atoms with Gasteiger partial charge in [-0.1, -0.05) is 27.2 Å². The summed E-state index contributed by atoms with van der Waals surface area (Å²) in [6, 6.07) is 0. The van der Waals surface area contributed by atoms with Crippen molar-refractivity contribution >= 4 is 5.84 Å². The van der Waals surface area contributed by atoms with Crippen LogP contribution in [-0.4, -0.2) is 12.4 Å². The second kappa shape index (κ2) is 9.43. The Morgan fingerprint density at radius 2 is 1.91 bits per heavy atom. The van der Waals surface area contributed by atoms with Crippen molar-refractivity contribution < 1.29 is 0 Å². The van der Waals surface area contributed by atoms with E-state index in [2.05, 4.69) is 6.92 Å². The number of nitrogens with one attached hydrogen (secondary N) is 1. The fourth-order valence-corrected chi connectivity index (χ4v) is 0.705. The Bertz CT molecular complexity index is 87.3. The van der Waals surface area contributed by atoms with E-state index in [9.17, 15) is 0 Å².